The molecule has 2 aromatic heterocycles. The van der Waals surface area contributed by atoms with Crippen molar-refractivity contribution in [2.45, 2.75) is 19.3 Å². The van der Waals surface area contributed by atoms with Crippen LogP contribution < -0.4 is 16.6 Å². The zero-order valence-corrected chi connectivity index (χ0v) is 18.4. The first kappa shape index (κ1) is 24.5. The number of nitrogens with zero attached hydrogens (tertiary/aromatic N) is 4. The molecule has 0 unspecified atom stereocenters. The van der Waals surface area contributed by atoms with E-state index in [2.05, 4.69) is 15.4 Å². The highest BCUT2D eigenvalue weighted by molar-refractivity contribution is 5.91. The van der Waals surface area contributed by atoms with Gasteiger partial charge >= 0.3 is 11.9 Å². The number of hydrogen-bond donors (Lipinski definition) is 1. The van der Waals surface area contributed by atoms with Crippen LogP contribution in [-0.4, -0.2) is 25.2 Å². The molecule has 0 spiro atoms. The SMILES string of the molecule is O=C(NCc1cccnc1)c1nn(-c2ccccc2F)c(=O)n(Cc2cccc(C(F)(F)F)c2)c1=O. The summed E-state index contributed by atoms with van der Waals surface area (Å²) in [5, 5.41) is 6.27. The van der Waals surface area contributed by atoms with Crippen molar-refractivity contribution in [1.29, 1.82) is 0 Å². The van der Waals surface area contributed by atoms with E-state index in [1.165, 1.54) is 36.7 Å². The smallest absolute Gasteiger partial charge is 0.346 e. The lowest BCUT2D eigenvalue weighted by molar-refractivity contribution is -0.137. The standard InChI is InChI=1S/C24H17F4N5O3/c25-18-8-1-2-9-19(18)33-23(36)32(14-15-5-3-7-17(11-15)24(26,27)28)22(35)20(31-33)21(34)30-13-16-6-4-10-29-12-16/h1-12H,13-14H2,(H,30,34). The molecule has 184 valence electrons. The predicted octanol–water partition coefficient (Wildman–Crippen LogP) is 2.93. The van der Waals surface area contributed by atoms with Gasteiger partial charge in [0, 0.05) is 18.9 Å². The summed E-state index contributed by atoms with van der Waals surface area (Å²) in [6.07, 6.45) is -1.63. The lowest BCUT2D eigenvalue weighted by atomic mass is 10.1. The van der Waals surface area contributed by atoms with Gasteiger partial charge < -0.3 is 5.32 Å². The molecule has 0 bridgehead atoms. The highest BCUT2D eigenvalue weighted by Crippen LogP contribution is 2.29. The molecule has 0 saturated heterocycles. The fourth-order valence-corrected chi connectivity index (χ4v) is 3.37. The molecule has 0 aliphatic carbocycles. The molecule has 0 atom stereocenters. The molecule has 0 aliphatic heterocycles. The van der Waals surface area contributed by atoms with E-state index in [9.17, 15) is 31.9 Å². The minimum atomic E-state index is -4.65. The number of benzene rings is 2. The first-order chi connectivity index (χ1) is 17.1. The van der Waals surface area contributed by atoms with Gasteiger partial charge in [0.25, 0.3) is 11.5 Å². The van der Waals surface area contributed by atoms with Gasteiger partial charge in [-0.05, 0) is 41.5 Å². The van der Waals surface area contributed by atoms with Crippen LogP contribution >= 0.6 is 0 Å². The molecule has 0 fully saturated rings. The Morgan fingerprint density at radius 2 is 1.72 bits per heavy atom. The number of pyridine rings is 1. The van der Waals surface area contributed by atoms with Crippen LogP contribution in [0, 0.1) is 5.82 Å². The number of halogens is 4. The lowest BCUT2D eigenvalue weighted by Crippen LogP contribution is -2.46. The molecule has 12 heteroatoms. The Labute approximate surface area is 200 Å². The summed E-state index contributed by atoms with van der Waals surface area (Å²) in [4.78, 5) is 43.0. The minimum Gasteiger partial charge on any atom is -0.346 e. The summed E-state index contributed by atoms with van der Waals surface area (Å²) < 4.78 is 55.0. The molecule has 0 radical (unpaired) electrons. The summed E-state index contributed by atoms with van der Waals surface area (Å²) in [5.41, 5.74) is -3.77. The van der Waals surface area contributed by atoms with Gasteiger partial charge in [-0.2, -0.15) is 23.0 Å². The number of para-hydroxylation sites is 1. The topological polar surface area (TPSA) is 98.9 Å². The molecule has 4 rings (SSSR count). The fourth-order valence-electron chi connectivity index (χ4n) is 3.37. The number of hydrogen-bond acceptors (Lipinski definition) is 5. The highest BCUT2D eigenvalue weighted by Gasteiger charge is 2.30. The third-order valence-electron chi connectivity index (χ3n) is 5.13. The molecule has 0 saturated carbocycles. The van der Waals surface area contributed by atoms with Crippen LogP contribution in [0.15, 0.2) is 82.6 Å². The van der Waals surface area contributed by atoms with E-state index in [1.807, 2.05) is 0 Å². The number of aromatic nitrogens is 4. The average molecular weight is 499 g/mol. The molecule has 2 aromatic carbocycles. The maximum atomic E-state index is 14.5. The first-order valence-electron chi connectivity index (χ1n) is 10.5. The average Bonchev–Trinajstić information content (AvgIpc) is 2.86. The molecule has 1 N–H and O–H groups in total. The second-order valence-electron chi connectivity index (χ2n) is 7.63. The van der Waals surface area contributed by atoms with Crippen molar-refractivity contribution >= 4 is 5.91 Å². The Morgan fingerprint density at radius 3 is 2.42 bits per heavy atom. The van der Waals surface area contributed by atoms with Crippen molar-refractivity contribution in [2.24, 2.45) is 0 Å². The maximum absolute atomic E-state index is 14.5. The predicted molar refractivity (Wildman–Crippen MR) is 120 cm³/mol. The molecular formula is C24H17F4N5O3. The van der Waals surface area contributed by atoms with Crippen molar-refractivity contribution < 1.29 is 22.4 Å². The largest absolute Gasteiger partial charge is 0.416 e. The van der Waals surface area contributed by atoms with E-state index in [0.29, 0.717) is 14.8 Å². The minimum absolute atomic E-state index is 0.0275. The van der Waals surface area contributed by atoms with Crippen molar-refractivity contribution in [3.63, 3.8) is 0 Å². The van der Waals surface area contributed by atoms with E-state index in [0.717, 1.165) is 24.3 Å². The summed E-state index contributed by atoms with van der Waals surface area (Å²) >= 11 is 0. The molecule has 36 heavy (non-hydrogen) atoms. The molecule has 1 amide bonds. The van der Waals surface area contributed by atoms with Gasteiger partial charge in [-0.1, -0.05) is 30.3 Å². The zero-order valence-electron chi connectivity index (χ0n) is 18.4. The van der Waals surface area contributed by atoms with Gasteiger partial charge in [0.2, 0.25) is 5.69 Å². The monoisotopic (exact) mass is 499 g/mol. The Balaban J connectivity index is 1.81. The van der Waals surface area contributed by atoms with Gasteiger partial charge in [-0.25, -0.2) is 9.18 Å². The van der Waals surface area contributed by atoms with Gasteiger partial charge in [-0.3, -0.25) is 19.1 Å². The van der Waals surface area contributed by atoms with Gasteiger partial charge in [0.1, 0.15) is 11.5 Å². The molecule has 2 heterocycles. The van der Waals surface area contributed by atoms with E-state index in [-0.39, 0.29) is 17.8 Å². The molecular weight excluding hydrogens is 482 g/mol. The van der Waals surface area contributed by atoms with E-state index < -0.39 is 47.0 Å². The van der Waals surface area contributed by atoms with E-state index >= 15 is 0 Å². The Kier molecular flexibility index (Phi) is 6.77. The Morgan fingerprint density at radius 1 is 0.972 bits per heavy atom. The number of carbonyl (C=O) groups excluding carboxylic acids is 1. The number of amides is 1. The van der Waals surface area contributed by atoms with Crippen LogP contribution in [0.1, 0.15) is 27.2 Å². The first-order valence-corrected chi connectivity index (χ1v) is 10.5. The van der Waals surface area contributed by atoms with Crippen molar-refractivity contribution in [3.05, 3.63) is 122 Å². The van der Waals surface area contributed by atoms with E-state index in [1.54, 1.807) is 12.1 Å². The quantitative estimate of drug-likeness (QED) is 0.412. The summed E-state index contributed by atoms with van der Waals surface area (Å²) in [5.74, 6) is -1.83. The zero-order chi connectivity index (χ0) is 25.9. The molecule has 8 nitrogen and oxygen atoms in total. The molecule has 4 aromatic rings. The van der Waals surface area contributed by atoms with Gasteiger partial charge in [0.05, 0.1) is 12.1 Å². The summed E-state index contributed by atoms with van der Waals surface area (Å²) in [7, 11) is 0. The van der Waals surface area contributed by atoms with Crippen LogP contribution in [0.5, 0.6) is 0 Å². The normalized spacial score (nSPS) is 11.3. The number of rotatable bonds is 6. The highest BCUT2D eigenvalue weighted by atomic mass is 19.4. The van der Waals surface area contributed by atoms with Crippen LogP contribution in [0.2, 0.25) is 0 Å². The third-order valence-corrected chi connectivity index (χ3v) is 5.13. The van der Waals surface area contributed by atoms with E-state index in [4.69, 9.17) is 0 Å². The Hall–Kier alpha value is -4.61. The third kappa shape index (κ3) is 5.22. The fraction of sp³-hybridized carbons (Fsp3) is 0.125. The van der Waals surface area contributed by atoms with Crippen molar-refractivity contribution in [2.75, 3.05) is 0 Å². The van der Waals surface area contributed by atoms with Crippen LogP contribution in [0.3, 0.4) is 0 Å². The molecule has 0 aliphatic rings. The van der Waals surface area contributed by atoms with Gasteiger partial charge in [-0.15, -0.1) is 0 Å². The number of carbonyl (C=O) groups is 1. The second-order valence-corrected chi connectivity index (χ2v) is 7.63. The summed E-state index contributed by atoms with van der Waals surface area (Å²) in [6.45, 7) is -0.637. The number of alkyl halides is 3. The van der Waals surface area contributed by atoms with Crippen molar-refractivity contribution in [1.82, 2.24) is 24.6 Å². The van der Waals surface area contributed by atoms with Crippen molar-refractivity contribution in [3.8, 4) is 5.69 Å². The lowest BCUT2D eigenvalue weighted by Gasteiger charge is -2.14. The van der Waals surface area contributed by atoms with Crippen LogP contribution in [-0.2, 0) is 19.3 Å². The van der Waals surface area contributed by atoms with Crippen LogP contribution in [0.4, 0.5) is 17.6 Å². The maximum Gasteiger partial charge on any atom is 0.416 e. The summed E-state index contributed by atoms with van der Waals surface area (Å²) in [6, 6.07) is 12.4. The number of nitrogens with one attached hydrogen (secondary N) is 1. The Bertz CT molecular complexity index is 1530. The van der Waals surface area contributed by atoms with Crippen LogP contribution in [0.25, 0.3) is 5.69 Å². The second kappa shape index (κ2) is 9.94. The van der Waals surface area contributed by atoms with Gasteiger partial charge in [0.15, 0.2) is 0 Å².